The Kier molecular flexibility index (Phi) is 12.3. The molecular formula is C45H48F3N9O6. The van der Waals surface area contributed by atoms with Gasteiger partial charge in [0.15, 0.2) is 0 Å². The number of anilines is 6. The van der Waals surface area contributed by atoms with Crippen molar-refractivity contribution in [3.8, 4) is 5.75 Å². The number of piperidine rings is 3. The molecule has 0 radical (unpaired) electrons. The zero-order chi connectivity index (χ0) is 44.4. The molecule has 4 aliphatic rings. The van der Waals surface area contributed by atoms with Crippen LogP contribution >= 0.6 is 0 Å². The fourth-order valence-electron chi connectivity index (χ4n) is 8.92. The molecule has 15 nitrogen and oxygen atoms in total. The van der Waals surface area contributed by atoms with Gasteiger partial charge in [-0.2, -0.15) is 13.2 Å². The van der Waals surface area contributed by atoms with E-state index in [0.717, 1.165) is 80.9 Å². The molecule has 4 aromatic rings. The Morgan fingerprint density at radius 2 is 1.65 bits per heavy atom. The van der Waals surface area contributed by atoms with Crippen molar-refractivity contribution < 1.29 is 41.9 Å². The van der Waals surface area contributed by atoms with Gasteiger partial charge in [0.25, 0.3) is 17.7 Å². The van der Waals surface area contributed by atoms with Gasteiger partial charge in [0, 0.05) is 75.4 Å². The van der Waals surface area contributed by atoms with Gasteiger partial charge in [-0.1, -0.05) is 12.1 Å². The van der Waals surface area contributed by atoms with Crippen LogP contribution in [0.5, 0.6) is 5.75 Å². The number of carbonyl (C=O) groups is 5. The Hall–Kier alpha value is -6.69. The summed E-state index contributed by atoms with van der Waals surface area (Å²) in [4.78, 5) is 72.8. The van der Waals surface area contributed by atoms with Gasteiger partial charge in [-0.15, -0.1) is 0 Å². The number of hydrogen-bond donors (Lipinski definition) is 5. The third kappa shape index (κ3) is 9.26. The van der Waals surface area contributed by atoms with Crippen LogP contribution in [0.2, 0.25) is 0 Å². The van der Waals surface area contributed by atoms with Gasteiger partial charge in [0.2, 0.25) is 11.8 Å². The molecule has 5 heterocycles. The zero-order valence-corrected chi connectivity index (χ0v) is 34.8. The van der Waals surface area contributed by atoms with Gasteiger partial charge < -0.3 is 35.8 Å². The van der Waals surface area contributed by atoms with Crippen LogP contribution < -0.4 is 36.2 Å². The molecular weight excluding hydrogens is 820 g/mol. The standard InChI is InChI=1S/C45H48F3N9O6/c1-49-41(59)31-7-3-4-8-34(31)52-36-22-39(50-23-33(36)45(46,47)48)53-35-12-10-29(21-38(35)63-2)56-18-15-26(16-19-56)24-55-17-5-6-28(25-55)51-27-9-11-30-32(20-27)44(62)57(43(30)61)37-13-14-40(58)54-42(37)60/h3-4,7-12,20-23,26,28,37,51H,5-6,13-19,24-25H2,1-2H3,(H,49,59)(H2,50,52,53)(H,54,58,60)/t28-,37?/m0/s1. The van der Waals surface area contributed by atoms with Crippen molar-refractivity contribution in [1.29, 1.82) is 0 Å². The summed E-state index contributed by atoms with van der Waals surface area (Å²) in [6.45, 7) is 4.43. The van der Waals surface area contributed by atoms with E-state index >= 15 is 0 Å². The molecule has 3 aromatic carbocycles. The summed E-state index contributed by atoms with van der Waals surface area (Å²) < 4.78 is 48.0. The van der Waals surface area contributed by atoms with E-state index in [1.807, 2.05) is 18.2 Å². The highest BCUT2D eigenvalue weighted by Gasteiger charge is 2.45. The molecule has 0 bridgehead atoms. The van der Waals surface area contributed by atoms with Crippen molar-refractivity contribution >= 4 is 63.8 Å². The molecule has 3 saturated heterocycles. The van der Waals surface area contributed by atoms with E-state index in [2.05, 4.69) is 41.4 Å². The molecule has 63 heavy (non-hydrogen) atoms. The summed E-state index contributed by atoms with van der Waals surface area (Å²) >= 11 is 0. The summed E-state index contributed by atoms with van der Waals surface area (Å²) in [5.41, 5.74) is 1.84. The first-order valence-electron chi connectivity index (χ1n) is 21.0. The number of amides is 5. The Labute approximate surface area is 361 Å². The molecule has 8 rings (SSSR count). The minimum Gasteiger partial charge on any atom is -0.494 e. The quantitative estimate of drug-likeness (QED) is 0.103. The molecule has 330 valence electrons. The summed E-state index contributed by atoms with van der Waals surface area (Å²) in [5.74, 6) is -1.43. The molecule has 18 heteroatoms. The van der Waals surface area contributed by atoms with E-state index in [0.29, 0.717) is 17.4 Å². The largest absolute Gasteiger partial charge is 0.494 e. The van der Waals surface area contributed by atoms with Crippen LogP contribution in [0.3, 0.4) is 0 Å². The molecule has 0 saturated carbocycles. The fourth-order valence-corrected chi connectivity index (χ4v) is 8.92. The number of hydrogen-bond acceptors (Lipinski definition) is 12. The lowest BCUT2D eigenvalue weighted by molar-refractivity contribution is -0.137. The molecule has 4 aliphatic heterocycles. The number of alkyl halides is 3. The van der Waals surface area contributed by atoms with Crippen molar-refractivity contribution in [2.45, 2.75) is 56.8 Å². The zero-order valence-electron chi connectivity index (χ0n) is 34.8. The molecule has 3 fully saturated rings. The average Bonchev–Trinajstić information content (AvgIpc) is 3.51. The monoisotopic (exact) mass is 867 g/mol. The first kappa shape index (κ1) is 43.0. The number of likely N-dealkylation sites (tertiary alicyclic amines) is 1. The summed E-state index contributed by atoms with van der Waals surface area (Å²) in [7, 11) is 2.98. The van der Waals surface area contributed by atoms with Crippen molar-refractivity contribution in [1.82, 2.24) is 25.4 Å². The van der Waals surface area contributed by atoms with Crippen LogP contribution in [0.25, 0.3) is 0 Å². The molecule has 0 aliphatic carbocycles. The van der Waals surface area contributed by atoms with Gasteiger partial charge in [-0.25, -0.2) is 4.98 Å². The number of carbonyl (C=O) groups excluding carboxylic acids is 5. The number of rotatable bonds is 12. The number of imide groups is 2. The highest BCUT2D eigenvalue weighted by Crippen LogP contribution is 2.39. The number of methoxy groups -OCH3 is 1. The van der Waals surface area contributed by atoms with Crippen molar-refractivity contribution in [3.63, 3.8) is 0 Å². The summed E-state index contributed by atoms with van der Waals surface area (Å²) in [6.07, 6.45) is 0.138. The number of fused-ring (bicyclic) bond motifs is 1. The predicted octanol–water partition coefficient (Wildman–Crippen LogP) is 6.15. The highest BCUT2D eigenvalue weighted by atomic mass is 19.4. The molecule has 5 N–H and O–H groups in total. The van der Waals surface area contributed by atoms with Crippen LogP contribution in [-0.4, -0.2) is 103 Å². The van der Waals surface area contributed by atoms with Gasteiger partial charge >= 0.3 is 6.18 Å². The van der Waals surface area contributed by atoms with Crippen LogP contribution in [0.1, 0.15) is 75.2 Å². The Morgan fingerprint density at radius 3 is 2.40 bits per heavy atom. The maximum absolute atomic E-state index is 14.1. The van der Waals surface area contributed by atoms with E-state index < -0.39 is 47.3 Å². The Bertz CT molecular complexity index is 2440. The number of ether oxygens (including phenoxy) is 1. The second-order valence-corrected chi connectivity index (χ2v) is 16.3. The number of para-hydroxylation sites is 1. The third-order valence-electron chi connectivity index (χ3n) is 12.1. The van der Waals surface area contributed by atoms with Crippen LogP contribution in [-0.2, 0) is 15.8 Å². The van der Waals surface area contributed by atoms with Crippen LogP contribution in [0.4, 0.5) is 47.4 Å². The number of nitrogens with zero attached hydrogens (tertiary/aromatic N) is 4. The van der Waals surface area contributed by atoms with Crippen LogP contribution in [0.15, 0.2) is 72.9 Å². The second-order valence-electron chi connectivity index (χ2n) is 16.3. The smallest absolute Gasteiger partial charge is 0.419 e. The van der Waals surface area contributed by atoms with E-state index in [1.54, 1.807) is 30.3 Å². The van der Waals surface area contributed by atoms with Gasteiger partial charge in [0.05, 0.1) is 46.4 Å². The Balaban J connectivity index is 0.859. The van der Waals surface area contributed by atoms with Crippen molar-refractivity contribution in [2.24, 2.45) is 5.92 Å². The molecule has 1 unspecified atom stereocenters. The molecule has 5 amide bonds. The summed E-state index contributed by atoms with van der Waals surface area (Å²) in [5, 5.41) is 14.2. The number of pyridine rings is 1. The lowest BCUT2D eigenvalue weighted by Gasteiger charge is -2.39. The Morgan fingerprint density at radius 1 is 0.873 bits per heavy atom. The number of aromatic nitrogens is 1. The first-order chi connectivity index (χ1) is 30.3. The topological polar surface area (TPSA) is 177 Å². The van der Waals surface area contributed by atoms with Crippen molar-refractivity contribution in [2.75, 3.05) is 67.7 Å². The SMILES string of the molecule is CNC(=O)c1ccccc1Nc1cc(Nc2ccc(N3CCC(CN4CCC[C@H](Nc5ccc6c(c5)C(=O)N(C5CCC(=O)NC5=O)C6=O)C4)CC3)cc2OC)ncc1C(F)(F)F. The van der Waals surface area contributed by atoms with Gasteiger partial charge in [0.1, 0.15) is 17.6 Å². The lowest BCUT2D eigenvalue weighted by Crippen LogP contribution is -2.54. The van der Waals surface area contributed by atoms with E-state index in [4.69, 9.17) is 4.74 Å². The van der Waals surface area contributed by atoms with Crippen molar-refractivity contribution in [3.05, 3.63) is 95.2 Å². The normalized spacial score (nSPS) is 19.7. The lowest BCUT2D eigenvalue weighted by atomic mass is 9.94. The molecule has 2 atom stereocenters. The number of benzene rings is 3. The highest BCUT2D eigenvalue weighted by molar-refractivity contribution is 6.23. The minimum atomic E-state index is -4.71. The average molecular weight is 868 g/mol. The van der Waals surface area contributed by atoms with Crippen LogP contribution in [0, 0.1) is 5.92 Å². The van der Waals surface area contributed by atoms with E-state index in [-0.39, 0.29) is 52.8 Å². The third-order valence-corrected chi connectivity index (χ3v) is 12.1. The second kappa shape index (κ2) is 18.0. The maximum Gasteiger partial charge on any atom is 0.419 e. The minimum absolute atomic E-state index is 0.0641. The maximum atomic E-state index is 14.1. The molecule has 1 aromatic heterocycles. The first-order valence-corrected chi connectivity index (χ1v) is 21.0. The number of nitrogens with one attached hydrogen (secondary N) is 5. The van der Waals surface area contributed by atoms with Gasteiger partial charge in [-0.05, 0) is 87.0 Å². The van der Waals surface area contributed by atoms with Gasteiger partial charge in [-0.3, -0.25) is 34.2 Å². The molecule has 0 spiro atoms. The fraction of sp³-hybridized carbons (Fsp3) is 0.378. The van der Waals surface area contributed by atoms with E-state index in [9.17, 15) is 37.1 Å². The van der Waals surface area contributed by atoms with E-state index in [1.165, 1.54) is 32.4 Å². The predicted molar refractivity (Wildman–Crippen MR) is 230 cm³/mol. The number of halogens is 3. The summed E-state index contributed by atoms with van der Waals surface area (Å²) in [6, 6.07) is 17.5.